The number of rotatable bonds is 9. The molecular formula is C32H36ClF3N12O3. The molecule has 15 nitrogen and oxygen atoms in total. The van der Waals surface area contributed by atoms with Crippen LogP contribution in [0.3, 0.4) is 0 Å². The number of aromatic nitrogens is 6. The molecule has 51 heavy (non-hydrogen) atoms. The SMILES string of the molecule is Cn1c(-c2cn(-c3ncc(NCCN)cn3)nc2C(F)(F)F)cnc1C(=O)Nc1ccc(C(=O)N2CCN(C(=O)C3CCNCC3)CC2)c(Cl)c1. The van der Waals surface area contributed by atoms with E-state index in [0.717, 1.165) is 43.0 Å². The van der Waals surface area contributed by atoms with Gasteiger partial charge in [-0.25, -0.2) is 19.6 Å². The monoisotopic (exact) mass is 728 g/mol. The highest BCUT2D eigenvalue weighted by Gasteiger charge is 2.39. The topological polar surface area (TPSA) is 181 Å². The average molecular weight is 729 g/mol. The first-order chi connectivity index (χ1) is 24.4. The second kappa shape index (κ2) is 15.0. The number of piperidine rings is 1. The van der Waals surface area contributed by atoms with Crippen molar-refractivity contribution in [1.29, 1.82) is 0 Å². The molecule has 3 amide bonds. The third kappa shape index (κ3) is 7.82. The fourth-order valence-electron chi connectivity index (χ4n) is 6.07. The first-order valence-corrected chi connectivity index (χ1v) is 16.7. The fraction of sp³-hybridized carbons (Fsp3) is 0.406. The minimum Gasteiger partial charge on any atom is -0.381 e. The molecule has 2 fully saturated rings. The van der Waals surface area contributed by atoms with Crippen molar-refractivity contribution in [2.24, 2.45) is 18.7 Å². The molecule has 0 radical (unpaired) electrons. The highest BCUT2D eigenvalue weighted by atomic mass is 35.5. The van der Waals surface area contributed by atoms with Gasteiger partial charge in [0.25, 0.3) is 17.8 Å². The zero-order valence-electron chi connectivity index (χ0n) is 27.6. The summed E-state index contributed by atoms with van der Waals surface area (Å²) < 4.78 is 44.4. The summed E-state index contributed by atoms with van der Waals surface area (Å²) in [4.78, 5) is 55.2. The van der Waals surface area contributed by atoms with Crippen molar-refractivity contribution in [3.8, 4) is 17.2 Å². The summed E-state index contributed by atoms with van der Waals surface area (Å²) in [5.41, 5.74) is 4.90. The van der Waals surface area contributed by atoms with Gasteiger partial charge in [0.2, 0.25) is 5.91 Å². The van der Waals surface area contributed by atoms with Gasteiger partial charge in [-0.1, -0.05) is 11.6 Å². The molecular weight excluding hydrogens is 693 g/mol. The van der Waals surface area contributed by atoms with Crippen LogP contribution in [0.1, 0.15) is 39.5 Å². The van der Waals surface area contributed by atoms with Gasteiger partial charge in [0, 0.05) is 64.1 Å². The highest BCUT2D eigenvalue weighted by Crippen LogP contribution is 2.37. The number of carbonyl (C=O) groups is 3. The molecule has 2 saturated heterocycles. The lowest BCUT2D eigenvalue weighted by Crippen LogP contribution is -2.52. The van der Waals surface area contributed by atoms with E-state index in [1.54, 1.807) is 4.90 Å². The van der Waals surface area contributed by atoms with Gasteiger partial charge in [-0.3, -0.25) is 14.4 Å². The van der Waals surface area contributed by atoms with Crippen LogP contribution >= 0.6 is 11.6 Å². The third-order valence-electron chi connectivity index (χ3n) is 8.79. The van der Waals surface area contributed by atoms with E-state index in [9.17, 15) is 27.6 Å². The number of imidazole rings is 1. The van der Waals surface area contributed by atoms with Crippen molar-refractivity contribution in [3.05, 3.63) is 65.1 Å². The van der Waals surface area contributed by atoms with Crippen LogP contribution in [0.15, 0.2) is 43.0 Å². The van der Waals surface area contributed by atoms with Crippen LogP contribution in [0.25, 0.3) is 17.2 Å². The molecule has 0 unspecified atom stereocenters. The van der Waals surface area contributed by atoms with Crippen LogP contribution in [0.4, 0.5) is 24.5 Å². The average Bonchev–Trinajstić information content (AvgIpc) is 3.75. The van der Waals surface area contributed by atoms with E-state index in [4.69, 9.17) is 17.3 Å². The quantitative estimate of drug-likeness (QED) is 0.200. The Balaban J connectivity index is 1.13. The summed E-state index contributed by atoms with van der Waals surface area (Å²) >= 11 is 6.49. The van der Waals surface area contributed by atoms with Crippen molar-refractivity contribution in [2.75, 3.05) is 63.0 Å². The molecule has 5 N–H and O–H groups in total. The van der Waals surface area contributed by atoms with Gasteiger partial charge >= 0.3 is 6.18 Å². The summed E-state index contributed by atoms with van der Waals surface area (Å²) in [7, 11) is 1.40. The second-order valence-electron chi connectivity index (χ2n) is 12.1. The molecule has 6 rings (SSSR count). The van der Waals surface area contributed by atoms with E-state index >= 15 is 0 Å². The largest absolute Gasteiger partial charge is 0.435 e. The minimum atomic E-state index is -4.84. The molecule has 0 aliphatic carbocycles. The Labute approximate surface area is 295 Å². The highest BCUT2D eigenvalue weighted by molar-refractivity contribution is 6.34. The van der Waals surface area contributed by atoms with E-state index in [0.29, 0.717) is 45.0 Å². The molecule has 3 aromatic heterocycles. The van der Waals surface area contributed by atoms with Crippen molar-refractivity contribution < 1.29 is 27.6 Å². The number of nitrogens with two attached hydrogens (primary N) is 1. The summed E-state index contributed by atoms with van der Waals surface area (Å²) in [6.07, 6.45) is 1.82. The Morgan fingerprint density at radius 1 is 1.00 bits per heavy atom. The number of benzene rings is 1. The van der Waals surface area contributed by atoms with Crippen LogP contribution < -0.4 is 21.7 Å². The van der Waals surface area contributed by atoms with E-state index in [-0.39, 0.29) is 57.0 Å². The van der Waals surface area contributed by atoms with Crippen LogP contribution in [0.5, 0.6) is 0 Å². The maximum atomic E-state index is 14.1. The van der Waals surface area contributed by atoms with Crippen LogP contribution in [0, 0.1) is 5.92 Å². The van der Waals surface area contributed by atoms with Crippen LogP contribution in [0.2, 0.25) is 5.02 Å². The Morgan fingerprint density at radius 2 is 1.69 bits per heavy atom. The van der Waals surface area contributed by atoms with Crippen molar-refractivity contribution in [1.82, 2.24) is 44.4 Å². The Kier molecular flexibility index (Phi) is 10.5. The van der Waals surface area contributed by atoms with E-state index in [1.807, 2.05) is 4.90 Å². The standard InChI is InChI=1S/C32H36ClF3N12O3/c1-45-25(23-18-48(44-26(23)32(34,35)36)31-41-15-21(16-42-31)39-9-6-37)17-40-27(45)28(49)43-20-2-3-22(24(33)14-20)30(51)47-12-10-46(11-13-47)29(50)19-4-7-38-8-5-19/h2-3,14-19,38-39H,4-13,37H2,1H3,(H,43,49). The summed E-state index contributed by atoms with van der Waals surface area (Å²) in [6, 6.07) is 4.40. The Morgan fingerprint density at radius 3 is 2.33 bits per heavy atom. The second-order valence-corrected chi connectivity index (χ2v) is 12.5. The van der Waals surface area contributed by atoms with Gasteiger partial charge < -0.3 is 36.1 Å². The zero-order valence-corrected chi connectivity index (χ0v) is 28.3. The van der Waals surface area contributed by atoms with Gasteiger partial charge in [-0.15, -0.1) is 0 Å². The number of hydrogen-bond donors (Lipinski definition) is 4. The third-order valence-corrected chi connectivity index (χ3v) is 9.10. The molecule has 4 aromatic rings. The maximum absolute atomic E-state index is 14.1. The molecule has 2 aliphatic rings. The molecule has 0 spiro atoms. The maximum Gasteiger partial charge on any atom is 0.435 e. The molecule has 2 aliphatic heterocycles. The van der Waals surface area contributed by atoms with Crippen molar-refractivity contribution >= 4 is 40.7 Å². The molecule has 0 bridgehead atoms. The Bertz CT molecular complexity index is 1900. The molecule has 0 saturated carbocycles. The lowest BCUT2D eigenvalue weighted by molar-refractivity contribution is -0.141. The van der Waals surface area contributed by atoms with Gasteiger partial charge in [0.15, 0.2) is 11.5 Å². The minimum absolute atomic E-state index is 0.00755. The number of piperazine rings is 1. The number of hydrogen-bond acceptors (Lipinski definition) is 10. The first-order valence-electron chi connectivity index (χ1n) is 16.3. The van der Waals surface area contributed by atoms with E-state index in [2.05, 4.69) is 36.0 Å². The van der Waals surface area contributed by atoms with Crippen LogP contribution in [-0.2, 0) is 18.0 Å². The number of alkyl halides is 3. The lowest BCUT2D eigenvalue weighted by Gasteiger charge is -2.37. The van der Waals surface area contributed by atoms with Crippen molar-refractivity contribution in [2.45, 2.75) is 19.0 Å². The summed E-state index contributed by atoms with van der Waals surface area (Å²) in [5, 5.41) is 12.7. The van der Waals surface area contributed by atoms with Gasteiger partial charge in [0.1, 0.15) is 0 Å². The van der Waals surface area contributed by atoms with Crippen LogP contribution in [-0.4, -0.2) is 109 Å². The molecule has 5 heterocycles. The Hall–Kier alpha value is -5.07. The van der Waals surface area contributed by atoms with Crippen molar-refractivity contribution in [3.63, 3.8) is 0 Å². The molecule has 270 valence electrons. The molecule has 1 aromatic carbocycles. The number of halogens is 4. The number of anilines is 2. The van der Waals surface area contributed by atoms with Gasteiger partial charge in [-0.05, 0) is 44.1 Å². The predicted molar refractivity (Wildman–Crippen MR) is 181 cm³/mol. The number of nitrogens with zero attached hydrogens (tertiary/aromatic N) is 8. The first kappa shape index (κ1) is 35.7. The normalized spacial score (nSPS) is 15.6. The lowest BCUT2D eigenvalue weighted by atomic mass is 9.96. The van der Waals surface area contributed by atoms with Gasteiger partial charge in [-0.2, -0.15) is 18.3 Å². The molecule has 19 heteroatoms. The van der Waals surface area contributed by atoms with Gasteiger partial charge in [0.05, 0.1) is 46.1 Å². The van der Waals surface area contributed by atoms with E-state index < -0.39 is 17.8 Å². The summed E-state index contributed by atoms with van der Waals surface area (Å²) in [6.45, 7) is 4.08. The number of nitrogens with one attached hydrogen (secondary N) is 3. The number of carbonyl (C=O) groups excluding carboxylic acids is 3. The molecule has 0 atom stereocenters. The smallest absolute Gasteiger partial charge is 0.381 e. The fourth-order valence-corrected chi connectivity index (χ4v) is 6.33. The predicted octanol–water partition coefficient (Wildman–Crippen LogP) is 2.64. The zero-order chi connectivity index (χ0) is 36.3. The van der Waals surface area contributed by atoms with E-state index in [1.165, 1.54) is 42.2 Å². The summed E-state index contributed by atoms with van der Waals surface area (Å²) in [5.74, 6) is -1.18. The number of amides is 3.